The fourth-order valence-corrected chi connectivity index (χ4v) is 4.56. The van der Waals surface area contributed by atoms with Crippen LogP contribution in [-0.4, -0.2) is 24.1 Å². The van der Waals surface area contributed by atoms with Crippen LogP contribution >= 0.6 is 11.8 Å². The van der Waals surface area contributed by atoms with Crippen molar-refractivity contribution in [2.24, 2.45) is 5.10 Å². The minimum Gasteiger partial charge on any atom is -0.497 e. The summed E-state index contributed by atoms with van der Waals surface area (Å²) in [6, 6.07) is 20.7. The lowest BCUT2D eigenvalue weighted by atomic mass is 10.2. The summed E-state index contributed by atoms with van der Waals surface area (Å²) in [5, 5.41) is 4.87. The molecule has 37 heavy (non-hydrogen) atoms. The molecular weight excluding hydrogens is 497 g/mol. The van der Waals surface area contributed by atoms with E-state index in [0.29, 0.717) is 32.9 Å². The number of para-hydroxylation sites is 1. The number of carbonyl (C=O) groups is 2. The summed E-state index contributed by atoms with van der Waals surface area (Å²) in [5.74, 6) is -1.07. The molecule has 0 saturated carbocycles. The van der Waals surface area contributed by atoms with Crippen LogP contribution in [0.1, 0.15) is 15.9 Å². The number of anilines is 1. The van der Waals surface area contributed by atoms with Crippen molar-refractivity contribution in [1.82, 2.24) is 5.43 Å². The first-order chi connectivity index (χ1) is 17.9. The van der Waals surface area contributed by atoms with E-state index in [1.54, 1.807) is 66.7 Å². The van der Waals surface area contributed by atoms with Crippen LogP contribution in [0.5, 0.6) is 5.75 Å². The molecule has 2 heterocycles. The molecule has 1 aliphatic heterocycles. The number of fused-ring (bicyclic) bond motifs is 1. The highest BCUT2D eigenvalue weighted by molar-refractivity contribution is 8.19. The van der Waals surface area contributed by atoms with Gasteiger partial charge in [0.1, 0.15) is 22.7 Å². The number of rotatable bonds is 5. The maximum Gasteiger partial charge on any atom is 0.349 e. The molecule has 10 heteroatoms. The van der Waals surface area contributed by atoms with E-state index in [-0.39, 0.29) is 10.7 Å². The monoisotopic (exact) mass is 515 g/mol. The molecule has 0 aliphatic carbocycles. The summed E-state index contributed by atoms with van der Waals surface area (Å²) in [5.41, 5.74) is 2.73. The number of carbonyl (C=O) groups excluding carboxylic acids is 2. The van der Waals surface area contributed by atoms with E-state index in [1.807, 2.05) is 0 Å². The molecule has 1 N–H and O–H groups in total. The highest BCUT2D eigenvalue weighted by Gasteiger charge is 2.35. The minimum atomic E-state index is -0.812. The molecule has 1 aliphatic rings. The zero-order chi connectivity index (χ0) is 25.9. The smallest absolute Gasteiger partial charge is 0.349 e. The third-order valence-corrected chi connectivity index (χ3v) is 6.39. The largest absolute Gasteiger partial charge is 0.497 e. The van der Waals surface area contributed by atoms with Crippen molar-refractivity contribution < 1.29 is 23.1 Å². The van der Waals surface area contributed by atoms with Gasteiger partial charge >= 0.3 is 5.63 Å². The van der Waals surface area contributed by atoms with Gasteiger partial charge in [0.05, 0.1) is 17.7 Å². The molecule has 2 amide bonds. The van der Waals surface area contributed by atoms with Crippen LogP contribution in [0.4, 0.5) is 10.1 Å². The number of benzene rings is 3. The van der Waals surface area contributed by atoms with Gasteiger partial charge in [-0.25, -0.2) is 14.6 Å². The molecule has 1 fully saturated rings. The van der Waals surface area contributed by atoms with Crippen LogP contribution in [0.25, 0.3) is 17.0 Å². The maximum absolute atomic E-state index is 13.4. The van der Waals surface area contributed by atoms with Crippen LogP contribution in [0.15, 0.2) is 98.1 Å². The van der Waals surface area contributed by atoms with Gasteiger partial charge in [-0.15, -0.1) is 5.10 Å². The highest BCUT2D eigenvalue weighted by Crippen LogP contribution is 2.37. The number of methoxy groups -OCH3 is 1. The summed E-state index contributed by atoms with van der Waals surface area (Å²) >= 11 is 1.01. The number of halogens is 1. The van der Waals surface area contributed by atoms with Crippen LogP contribution in [0.3, 0.4) is 0 Å². The number of hydrogen-bond acceptors (Lipinski definition) is 7. The molecule has 0 atom stereocenters. The van der Waals surface area contributed by atoms with E-state index in [0.717, 1.165) is 11.8 Å². The van der Waals surface area contributed by atoms with Gasteiger partial charge in [-0.05, 0) is 59.8 Å². The second-order valence-corrected chi connectivity index (χ2v) is 8.83. The molecule has 5 rings (SSSR count). The number of nitrogens with zero attached hydrogens (tertiary/aromatic N) is 2. The number of hydrogen-bond donors (Lipinski definition) is 1. The number of amidine groups is 1. The normalized spacial score (nSPS) is 15.5. The van der Waals surface area contributed by atoms with Crippen molar-refractivity contribution in [2.75, 3.05) is 12.0 Å². The summed E-state index contributed by atoms with van der Waals surface area (Å²) < 4.78 is 23.8. The molecule has 0 spiro atoms. The Labute approximate surface area is 214 Å². The van der Waals surface area contributed by atoms with Crippen molar-refractivity contribution >= 4 is 51.5 Å². The van der Waals surface area contributed by atoms with Crippen LogP contribution in [0, 0.1) is 5.82 Å². The van der Waals surface area contributed by atoms with Gasteiger partial charge in [-0.1, -0.05) is 36.4 Å². The third-order valence-electron chi connectivity index (χ3n) is 5.42. The molecule has 0 radical (unpaired) electrons. The van der Waals surface area contributed by atoms with Gasteiger partial charge in [-0.2, -0.15) is 0 Å². The second kappa shape index (κ2) is 10.1. The summed E-state index contributed by atoms with van der Waals surface area (Å²) in [7, 11) is 1.50. The Morgan fingerprint density at radius 3 is 2.62 bits per heavy atom. The summed E-state index contributed by atoms with van der Waals surface area (Å²) in [6.07, 6.45) is 1.60. The number of ether oxygens (including phenoxy) is 1. The zero-order valence-electron chi connectivity index (χ0n) is 19.3. The first-order valence-electron chi connectivity index (χ1n) is 11.0. The van der Waals surface area contributed by atoms with E-state index in [9.17, 15) is 18.8 Å². The van der Waals surface area contributed by atoms with Crippen molar-refractivity contribution in [3.63, 3.8) is 0 Å². The van der Waals surface area contributed by atoms with E-state index in [1.165, 1.54) is 30.2 Å². The average Bonchev–Trinajstić information content (AvgIpc) is 3.22. The Morgan fingerprint density at radius 2 is 1.84 bits per heavy atom. The third kappa shape index (κ3) is 5.00. The van der Waals surface area contributed by atoms with Gasteiger partial charge in [0, 0.05) is 11.5 Å². The lowest BCUT2D eigenvalue weighted by Crippen LogP contribution is -2.32. The lowest BCUT2D eigenvalue weighted by Gasteiger charge is -2.16. The van der Waals surface area contributed by atoms with Crippen LogP contribution in [-0.2, 0) is 4.79 Å². The van der Waals surface area contributed by atoms with Gasteiger partial charge in [0.25, 0.3) is 11.8 Å². The quantitative estimate of drug-likeness (QED) is 0.234. The Kier molecular flexibility index (Phi) is 6.57. The molecule has 184 valence electrons. The second-order valence-electron chi connectivity index (χ2n) is 7.82. The van der Waals surface area contributed by atoms with E-state index >= 15 is 0 Å². The molecule has 3 aromatic carbocycles. The molecule has 4 aromatic rings. The van der Waals surface area contributed by atoms with Crippen molar-refractivity contribution in [3.8, 4) is 5.75 Å². The standard InChI is InChI=1S/C27H18FN3O5S/c1-35-20-7-4-6-19(15-20)31-25(33)23(13-16-9-11-18(28)12-10-16)37-27(31)30-29-24(32)21-14-17-5-2-3-8-22(17)36-26(21)34/h2-15H,1H3,(H,29,32)/b23-13-,30-27-. The Morgan fingerprint density at radius 1 is 1.05 bits per heavy atom. The first-order valence-corrected chi connectivity index (χ1v) is 11.8. The number of amides is 2. The lowest BCUT2D eigenvalue weighted by molar-refractivity contribution is -0.113. The predicted molar refractivity (Wildman–Crippen MR) is 140 cm³/mol. The first kappa shape index (κ1) is 24.0. The maximum atomic E-state index is 13.4. The minimum absolute atomic E-state index is 0.144. The molecular formula is C27H18FN3O5S. The van der Waals surface area contributed by atoms with E-state index in [2.05, 4.69) is 10.5 Å². The predicted octanol–water partition coefficient (Wildman–Crippen LogP) is 4.76. The topological polar surface area (TPSA) is 101 Å². The van der Waals surface area contributed by atoms with Crippen molar-refractivity contribution in [3.05, 3.63) is 111 Å². The van der Waals surface area contributed by atoms with Gasteiger partial charge < -0.3 is 9.15 Å². The zero-order valence-corrected chi connectivity index (χ0v) is 20.1. The average molecular weight is 516 g/mol. The molecule has 0 unspecified atom stereocenters. The van der Waals surface area contributed by atoms with Crippen molar-refractivity contribution in [1.29, 1.82) is 0 Å². The fourth-order valence-electron chi connectivity index (χ4n) is 3.62. The Balaban J connectivity index is 1.50. The molecule has 0 bridgehead atoms. The van der Waals surface area contributed by atoms with Gasteiger partial charge in [0.2, 0.25) is 0 Å². The van der Waals surface area contributed by atoms with Gasteiger partial charge in [0.15, 0.2) is 5.17 Å². The fraction of sp³-hybridized carbons (Fsp3) is 0.0370. The Hall–Kier alpha value is -4.70. The van der Waals surface area contributed by atoms with Crippen molar-refractivity contribution in [2.45, 2.75) is 0 Å². The molecule has 1 aromatic heterocycles. The SMILES string of the molecule is COc1cccc(N2C(=O)/C(=C/c3ccc(F)cc3)S/C2=N\NC(=O)c2cc3ccccc3oc2=O)c1. The van der Waals surface area contributed by atoms with Crippen LogP contribution in [0.2, 0.25) is 0 Å². The summed E-state index contributed by atoms with van der Waals surface area (Å²) in [4.78, 5) is 40.2. The van der Waals surface area contributed by atoms with E-state index in [4.69, 9.17) is 9.15 Å². The number of nitrogens with one attached hydrogen (secondary N) is 1. The van der Waals surface area contributed by atoms with E-state index < -0.39 is 23.3 Å². The highest BCUT2D eigenvalue weighted by atomic mass is 32.2. The summed E-state index contributed by atoms with van der Waals surface area (Å²) in [6.45, 7) is 0. The number of thioether (sulfide) groups is 1. The molecule has 8 nitrogen and oxygen atoms in total. The van der Waals surface area contributed by atoms with Gasteiger partial charge in [-0.3, -0.25) is 14.5 Å². The number of hydrazone groups is 1. The Bertz CT molecular complexity index is 1650. The molecule has 1 saturated heterocycles. The van der Waals surface area contributed by atoms with Crippen LogP contribution < -0.4 is 20.7 Å².